The van der Waals surface area contributed by atoms with Crippen molar-refractivity contribution in [2.45, 2.75) is 16.7 Å². The number of benzene rings is 1. The maximum Gasteiger partial charge on any atom is 1.00 e. The van der Waals surface area contributed by atoms with E-state index in [1.807, 2.05) is 0 Å². The Hall–Kier alpha value is 2.11. The number of phenolic OH excluding ortho intramolecular Hbond substituents is 1. The molecule has 0 radical (unpaired) electrons. The minimum absolute atomic E-state index is 0. The van der Waals surface area contributed by atoms with Gasteiger partial charge in [-0.15, -0.1) is 0 Å². The van der Waals surface area contributed by atoms with Crippen LogP contribution in [-0.4, -0.2) is 31.0 Å². The molecule has 7 nitrogen and oxygen atoms in total. The minimum Gasteiger partial charge on any atom is -0.744 e. The molecule has 0 atom stereocenters. The smallest absolute Gasteiger partial charge is 0.744 e. The average Bonchev–Trinajstić information content (AvgIpc) is 2.05. The monoisotopic (exact) mass is 344 g/mol. The van der Waals surface area contributed by atoms with Crippen LogP contribution in [0.1, 0.15) is 5.56 Å². The SMILES string of the molecule is Cc1c(O)ccc(S(=O)(=O)[O-])c1S(=O)(=O)[O-].[K+].[K+]. The van der Waals surface area contributed by atoms with Crippen molar-refractivity contribution in [1.29, 1.82) is 0 Å². The Bertz CT molecular complexity index is 636. The fourth-order valence-corrected chi connectivity index (χ4v) is 3.19. The van der Waals surface area contributed by atoms with Gasteiger partial charge in [0, 0.05) is 5.56 Å². The third-order valence-corrected chi connectivity index (χ3v) is 3.89. The second-order valence-corrected chi connectivity index (χ2v) is 5.61. The summed E-state index contributed by atoms with van der Waals surface area (Å²) in [6, 6.07) is 1.41. The summed E-state index contributed by atoms with van der Waals surface area (Å²) in [6.07, 6.45) is 0. The van der Waals surface area contributed by atoms with Gasteiger partial charge in [0.05, 0.1) is 9.79 Å². The van der Waals surface area contributed by atoms with Crippen molar-refractivity contribution in [3.05, 3.63) is 17.7 Å². The summed E-state index contributed by atoms with van der Waals surface area (Å²) >= 11 is 0. The van der Waals surface area contributed by atoms with E-state index in [1.54, 1.807) is 0 Å². The summed E-state index contributed by atoms with van der Waals surface area (Å²) in [5.74, 6) is -0.582. The van der Waals surface area contributed by atoms with E-state index in [4.69, 9.17) is 5.11 Å². The van der Waals surface area contributed by atoms with Gasteiger partial charge in [0.2, 0.25) is 0 Å². The number of hydrogen-bond donors (Lipinski definition) is 1. The first kappa shape index (κ1) is 22.4. The molecule has 0 aliphatic carbocycles. The van der Waals surface area contributed by atoms with Gasteiger partial charge in [-0.2, -0.15) is 0 Å². The molecule has 0 saturated carbocycles. The summed E-state index contributed by atoms with van der Waals surface area (Å²) in [7, 11) is -10.3. The molecular formula is C7H6K2O7S2. The fraction of sp³-hybridized carbons (Fsp3) is 0.143. The van der Waals surface area contributed by atoms with E-state index in [0.29, 0.717) is 6.07 Å². The Labute approximate surface area is 190 Å². The van der Waals surface area contributed by atoms with Crippen LogP contribution in [0.25, 0.3) is 0 Å². The fourth-order valence-electron chi connectivity index (χ4n) is 1.16. The number of aromatic hydroxyl groups is 1. The molecular weight excluding hydrogens is 338 g/mol. The van der Waals surface area contributed by atoms with Crippen molar-refractivity contribution >= 4 is 20.2 Å². The topological polar surface area (TPSA) is 135 Å². The van der Waals surface area contributed by atoms with Crippen LogP contribution in [0.3, 0.4) is 0 Å². The summed E-state index contributed by atoms with van der Waals surface area (Å²) in [4.78, 5) is -2.36. The van der Waals surface area contributed by atoms with E-state index in [1.165, 1.54) is 0 Å². The molecule has 0 saturated heterocycles. The molecule has 0 fully saturated rings. The van der Waals surface area contributed by atoms with Crippen LogP contribution in [0.4, 0.5) is 0 Å². The first-order valence-corrected chi connectivity index (χ1v) is 6.61. The summed E-state index contributed by atoms with van der Waals surface area (Å²) < 4.78 is 64.6. The van der Waals surface area contributed by atoms with E-state index in [-0.39, 0.29) is 103 Å². The molecule has 0 aliphatic heterocycles. The van der Waals surface area contributed by atoms with E-state index in [9.17, 15) is 25.9 Å². The molecule has 0 aromatic heterocycles. The molecule has 0 unspecified atom stereocenters. The van der Waals surface area contributed by atoms with Gasteiger partial charge in [-0.25, -0.2) is 16.8 Å². The molecule has 18 heavy (non-hydrogen) atoms. The van der Waals surface area contributed by atoms with Gasteiger partial charge in [-0.05, 0) is 19.1 Å². The molecule has 1 N–H and O–H groups in total. The van der Waals surface area contributed by atoms with Crippen LogP contribution in [0, 0.1) is 6.92 Å². The summed E-state index contributed by atoms with van der Waals surface area (Å²) in [5, 5.41) is 9.15. The molecule has 0 heterocycles. The normalized spacial score (nSPS) is 11.3. The first-order valence-electron chi connectivity index (χ1n) is 3.79. The van der Waals surface area contributed by atoms with E-state index in [0.717, 1.165) is 13.0 Å². The molecule has 0 aliphatic rings. The quantitative estimate of drug-likeness (QED) is 0.416. The Morgan fingerprint density at radius 3 is 1.78 bits per heavy atom. The van der Waals surface area contributed by atoms with Crippen molar-refractivity contribution in [2.24, 2.45) is 0 Å². The summed E-state index contributed by atoms with van der Waals surface area (Å²) in [6.45, 7) is 1.02. The zero-order chi connectivity index (χ0) is 12.7. The van der Waals surface area contributed by atoms with Gasteiger partial charge in [0.25, 0.3) is 0 Å². The van der Waals surface area contributed by atoms with Gasteiger partial charge in [-0.1, -0.05) is 0 Å². The Balaban J connectivity index is 0. The molecule has 1 rings (SSSR count). The molecule has 1 aromatic carbocycles. The third kappa shape index (κ3) is 5.48. The largest absolute Gasteiger partial charge is 1.00 e. The van der Waals surface area contributed by atoms with Crippen molar-refractivity contribution in [1.82, 2.24) is 0 Å². The predicted molar refractivity (Wildman–Crippen MR) is 48.8 cm³/mol. The standard InChI is InChI=1S/C7H8O7S2.2K/c1-4-5(8)2-3-6(15(9,10)11)7(4)16(12,13)14;;/h2-3,8H,1H3,(H,9,10,11)(H,12,13,14);;/q;2*+1/p-2. The number of phenols is 1. The Morgan fingerprint density at radius 1 is 1.00 bits per heavy atom. The second kappa shape index (κ2) is 7.93. The van der Waals surface area contributed by atoms with Crippen molar-refractivity contribution in [3.63, 3.8) is 0 Å². The van der Waals surface area contributed by atoms with Gasteiger partial charge in [-0.3, -0.25) is 0 Å². The Kier molecular flexibility index (Phi) is 9.87. The maximum absolute atomic E-state index is 10.8. The maximum atomic E-state index is 10.8. The van der Waals surface area contributed by atoms with Gasteiger partial charge in [0.1, 0.15) is 26.0 Å². The molecule has 0 spiro atoms. The zero-order valence-electron chi connectivity index (χ0n) is 9.87. The first-order chi connectivity index (χ1) is 7.05. The molecule has 0 amide bonds. The average molecular weight is 344 g/mol. The third-order valence-electron chi connectivity index (χ3n) is 1.86. The van der Waals surface area contributed by atoms with Crippen molar-refractivity contribution in [2.75, 3.05) is 0 Å². The van der Waals surface area contributed by atoms with E-state index in [2.05, 4.69) is 0 Å². The van der Waals surface area contributed by atoms with Gasteiger partial charge < -0.3 is 14.2 Å². The molecule has 0 bridgehead atoms. The Morgan fingerprint density at radius 2 is 1.44 bits per heavy atom. The number of rotatable bonds is 2. The van der Waals surface area contributed by atoms with Crippen LogP contribution >= 0.6 is 0 Å². The molecule has 1 aromatic rings. The van der Waals surface area contributed by atoms with E-state index >= 15 is 0 Å². The second-order valence-electron chi connectivity index (χ2n) is 2.95. The molecule has 90 valence electrons. The predicted octanol–water partition coefficient (Wildman–Crippen LogP) is -6.48. The van der Waals surface area contributed by atoms with Crippen LogP contribution < -0.4 is 103 Å². The van der Waals surface area contributed by atoms with E-state index < -0.39 is 41.3 Å². The van der Waals surface area contributed by atoms with Crippen molar-refractivity contribution in [3.8, 4) is 5.75 Å². The minimum atomic E-state index is -5.16. The van der Waals surface area contributed by atoms with Crippen LogP contribution in [0.2, 0.25) is 0 Å². The van der Waals surface area contributed by atoms with Crippen LogP contribution in [0.5, 0.6) is 5.75 Å². The molecule has 11 heteroatoms. The summed E-state index contributed by atoms with van der Waals surface area (Å²) in [5.41, 5.74) is -0.466. The number of hydrogen-bond acceptors (Lipinski definition) is 7. The van der Waals surface area contributed by atoms with Crippen molar-refractivity contribution < 1.29 is 134 Å². The van der Waals surface area contributed by atoms with Gasteiger partial charge >= 0.3 is 103 Å². The van der Waals surface area contributed by atoms with Gasteiger partial charge in [0.15, 0.2) is 0 Å². The zero-order valence-corrected chi connectivity index (χ0v) is 17.7. The van der Waals surface area contributed by atoms with Crippen LogP contribution in [0.15, 0.2) is 21.9 Å². The van der Waals surface area contributed by atoms with Crippen LogP contribution in [-0.2, 0) is 20.2 Å².